The Labute approximate surface area is 108 Å². The first-order valence-electron chi connectivity index (χ1n) is 5.68. The molecule has 0 saturated carbocycles. The van der Waals surface area contributed by atoms with Crippen molar-refractivity contribution in [2.45, 2.75) is 32.4 Å². The number of halogens is 1. The lowest BCUT2D eigenvalue weighted by Crippen LogP contribution is -2.44. The molecule has 1 unspecified atom stereocenters. The summed E-state index contributed by atoms with van der Waals surface area (Å²) in [5.74, 6) is -0.0357. The molecule has 4 heteroatoms. The molecule has 1 rings (SSSR count). The number of rotatable bonds is 4. The zero-order valence-electron chi connectivity index (χ0n) is 10.5. The van der Waals surface area contributed by atoms with Crippen molar-refractivity contribution >= 4 is 17.5 Å². The number of hydrogen-bond donors (Lipinski definition) is 1. The number of likely N-dealkylation sites (N-methyl/N-ethyl adjacent to an activating group) is 1. The van der Waals surface area contributed by atoms with Gasteiger partial charge in [-0.3, -0.25) is 4.79 Å². The predicted molar refractivity (Wildman–Crippen MR) is 71.0 cm³/mol. The summed E-state index contributed by atoms with van der Waals surface area (Å²) in [4.78, 5) is 13.4. The number of amides is 1. The van der Waals surface area contributed by atoms with Crippen LogP contribution in [0.15, 0.2) is 24.3 Å². The van der Waals surface area contributed by atoms with E-state index in [9.17, 15) is 4.79 Å². The molecule has 0 aliphatic carbocycles. The highest BCUT2D eigenvalue weighted by molar-refractivity contribution is 6.30. The second-order valence-corrected chi connectivity index (χ2v) is 4.85. The predicted octanol–water partition coefficient (Wildman–Crippen LogP) is 2.08. The van der Waals surface area contributed by atoms with Crippen LogP contribution in [0.3, 0.4) is 0 Å². The molecule has 0 radical (unpaired) electrons. The van der Waals surface area contributed by atoms with Crippen molar-refractivity contribution in [3.05, 3.63) is 34.9 Å². The maximum absolute atomic E-state index is 11.7. The number of carbonyl (C=O) groups excluding carboxylic acids is 1. The average Bonchev–Trinajstić information content (AvgIpc) is 2.30. The van der Waals surface area contributed by atoms with Gasteiger partial charge in [-0.25, -0.2) is 0 Å². The van der Waals surface area contributed by atoms with E-state index in [0.717, 1.165) is 17.0 Å². The zero-order valence-corrected chi connectivity index (χ0v) is 11.2. The largest absolute Gasteiger partial charge is 0.341 e. The van der Waals surface area contributed by atoms with Gasteiger partial charge >= 0.3 is 0 Å². The third-order valence-electron chi connectivity index (χ3n) is 2.84. The molecule has 0 aromatic heterocycles. The molecule has 0 aliphatic rings. The molecule has 1 amide bonds. The number of benzene rings is 1. The Kier molecular flexibility index (Phi) is 4.97. The van der Waals surface area contributed by atoms with E-state index >= 15 is 0 Å². The Morgan fingerprint density at radius 3 is 2.35 bits per heavy atom. The van der Waals surface area contributed by atoms with Crippen LogP contribution in [0, 0.1) is 0 Å². The fourth-order valence-electron chi connectivity index (χ4n) is 1.64. The van der Waals surface area contributed by atoms with Gasteiger partial charge in [-0.15, -0.1) is 0 Å². The summed E-state index contributed by atoms with van der Waals surface area (Å²) < 4.78 is 0. The van der Waals surface area contributed by atoms with Crippen molar-refractivity contribution < 1.29 is 4.79 Å². The van der Waals surface area contributed by atoms with Crippen LogP contribution in [0.1, 0.15) is 19.4 Å². The second-order valence-electron chi connectivity index (χ2n) is 4.42. The zero-order chi connectivity index (χ0) is 13.0. The van der Waals surface area contributed by atoms with E-state index in [0.29, 0.717) is 0 Å². The van der Waals surface area contributed by atoms with Crippen molar-refractivity contribution in [2.24, 2.45) is 5.73 Å². The number of hydrogen-bond acceptors (Lipinski definition) is 2. The van der Waals surface area contributed by atoms with E-state index in [4.69, 9.17) is 17.3 Å². The Balaban J connectivity index is 2.62. The van der Waals surface area contributed by atoms with E-state index in [1.807, 2.05) is 31.2 Å². The lowest BCUT2D eigenvalue weighted by molar-refractivity contribution is -0.132. The molecule has 94 valence electrons. The minimum atomic E-state index is -0.451. The summed E-state index contributed by atoms with van der Waals surface area (Å²) in [7, 11) is 1.78. The van der Waals surface area contributed by atoms with E-state index in [-0.39, 0.29) is 11.9 Å². The van der Waals surface area contributed by atoms with Crippen LogP contribution in [0.2, 0.25) is 5.02 Å². The van der Waals surface area contributed by atoms with Gasteiger partial charge in [0.25, 0.3) is 0 Å². The lowest BCUT2D eigenvalue weighted by Gasteiger charge is -2.26. The maximum Gasteiger partial charge on any atom is 0.239 e. The van der Waals surface area contributed by atoms with Crippen molar-refractivity contribution in [3.63, 3.8) is 0 Å². The molecule has 1 aromatic carbocycles. The third-order valence-corrected chi connectivity index (χ3v) is 3.09. The summed E-state index contributed by atoms with van der Waals surface area (Å²) in [6.45, 7) is 3.71. The Bertz CT molecular complexity index is 376. The van der Waals surface area contributed by atoms with Gasteiger partial charge in [-0.05, 0) is 38.0 Å². The summed E-state index contributed by atoms with van der Waals surface area (Å²) in [6, 6.07) is 7.34. The fourth-order valence-corrected chi connectivity index (χ4v) is 1.76. The summed E-state index contributed by atoms with van der Waals surface area (Å²) in [6.07, 6.45) is 0.798. The number of nitrogens with two attached hydrogens (primary N) is 1. The summed E-state index contributed by atoms with van der Waals surface area (Å²) in [5, 5.41) is 0.724. The Hall–Kier alpha value is -1.06. The molecular formula is C13H19ClN2O. The molecule has 0 fully saturated rings. The van der Waals surface area contributed by atoms with E-state index in [1.54, 1.807) is 18.9 Å². The Morgan fingerprint density at radius 1 is 1.35 bits per heavy atom. The highest BCUT2D eigenvalue weighted by Crippen LogP contribution is 2.13. The first-order chi connectivity index (χ1) is 7.91. The molecule has 17 heavy (non-hydrogen) atoms. The van der Waals surface area contributed by atoms with Crippen molar-refractivity contribution in [3.8, 4) is 0 Å². The quantitative estimate of drug-likeness (QED) is 0.894. The van der Waals surface area contributed by atoms with Crippen molar-refractivity contribution in [2.75, 3.05) is 7.05 Å². The molecule has 2 atom stereocenters. The molecule has 2 N–H and O–H groups in total. The first kappa shape index (κ1) is 14.0. The lowest BCUT2D eigenvalue weighted by atomic mass is 10.1. The minimum absolute atomic E-state index is 0.0357. The van der Waals surface area contributed by atoms with E-state index in [1.165, 1.54) is 0 Å². The number of carbonyl (C=O) groups is 1. The molecule has 0 bridgehead atoms. The topological polar surface area (TPSA) is 46.3 Å². The molecule has 0 spiro atoms. The van der Waals surface area contributed by atoms with Gasteiger partial charge in [-0.2, -0.15) is 0 Å². The van der Waals surface area contributed by atoms with Crippen molar-refractivity contribution in [1.82, 2.24) is 4.90 Å². The van der Waals surface area contributed by atoms with Crippen LogP contribution in [-0.4, -0.2) is 29.9 Å². The van der Waals surface area contributed by atoms with Gasteiger partial charge in [0.15, 0.2) is 0 Å². The second kappa shape index (κ2) is 6.03. The molecule has 0 aliphatic heterocycles. The number of nitrogens with zero attached hydrogens (tertiary/aromatic N) is 1. The molecular weight excluding hydrogens is 236 g/mol. The van der Waals surface area contributed by atoms with Crippen LogP contribution in [0.25, 0.3) is 0 Å². The molecule has 0 heterocycles. The van der Waals surface area contributed by atoms with Crippen molar-refractivity contribution in [1.29, 1.82) is 0 Å². The van der Waals surface area contributed by atoms with Gasteiger partial charge in [0.1, 0.15) is 0 Å². The SMILES string of the molecule is CC(Cc1ccc(Cl)cc1)N(C)C(=O)[C@H](C)N. The third kappa shape index (κ3) is 4.02. The van der Waals surface area contributed by atoms with Gasteiger partial charge in [0.2, 0.25) is 5.91 Å². The monoisotopic (exact) mass is 254 g/mol. The molecule has 0 saturated heterocycles. The van der Waals surface area contributed by atoms with Gasteiger partial charge in [-0.1, -0.05) is 23.7 Å². The molecule has 1 aromatic rings. The van der Waals surface area contributed by atoms with Crippen LogP contribution in [-0.2, 0) is 11.2 Å². The fraction of sp³-hybridized carbons (Fsp3) is 0.462. The smallest absolute Gasteiger partial charge is 0.239 e. The maximum atomic E-state index is 11.7. The Morgan fingerprint density at radius 2 is 1.88 bits per heavy atom. The average molecular weight is 255 g/mol. The van der Waals surface area contributed by atoms with Crippen LogP contribution in [0.4, 0.5) is 0 Å². The standard InChI is InChI=1S/C13H19ClN2O/c1-9(16(3)13(17)10(2)15)8-11-4-6-12(14)7-5-11/h4-7,9-10H,8,15H2,1-3H3/t9?,10-/m0/s1. The van der Waals surface area contributed by atoms with E-state index < -0.39 is 6.04 Å². The highest BCUT2D eigenvalue weighted by Gasteiger charge is 2.18. The highest BCUT2D eigenvalue weighted by atomic mass is 35.5. The van der Waals surface area contributed by atoms with E-state index in [2.05, 4.69) is 0 Å². The van der Waals surface area contributed by atoms with Crippen LogP contribution < -0.4 is 5.73 Å². The molecule has 3 nitrogen and oxygen atoms in total. The van der Waals surface area contributed by atoms with Gasteiger partial charge < -0.3 is 10.6 Å². The normalized spacial score (nSPS) is 14.2. The summed E-state index contributed by atoms with van der Waals surface area (Å²) in [5.41, 5.74) is 6.74. The first-order valence-corrected chi connectivity index (χ1v) is 6.06. The van der Waals surface area contributed by atoms with Gasteiger partial charge in [0, 0.05) is 18.1 Å². The van der Waals surface area contributed by atoms with Crippen LogP contribution >= 0.6 is 11.6 Å². The minimum Gasteiger partial charge on any atom is -0.341 e. The van der Waals surface area contributed by atoms with Crippen LogP contribution in [0.5, 0.6) is 0 Å². The summed E-state index contributed by atoms with van der Waals surface area (Å²) >= 11 is 5.82. The van der Waals surface area contributed by atoms with Gasteiger partial charge in [0.05, 0.1) is 6.04 Å².